The minimum atomic E-state index is 0. The van der Waals surface area contributed by atoms with E-state index in [-0.39, 0.29) is 24.8 Å². The number of nitrogens with one attached hydrogen (secondary N) is 2. The van der Waals surface area contributed by atoms with E-state index in [1.807, 2.05) is 30.3 Å². The van der Waals surface area contributed by atoms with E-state index in [0.29, 0.717) is 12.5 Å². The molecule has 4 rings (SSSR count). The number of piperidine rings is 1. The molecule has 0 unspecified atom stereocenters. The van der Waals surface area contributed by atoms with Crippen LogP contribution in [0.25, 0.3) is 17.2 Å². The quantitative estimate of drug-likeness (QED) is 0.651. The number of rotatable bonds is 5. The fraction of sp³-hybridized carbons (Fsp3) is 0.286. The number of oxazole rings is 1. The van der Waals surface area contributed by atoms with Gasteiger partial charge in [0.1, 0.15) is 5.52 Å². The molecule has 3 aromatic rings. The molecule has 1 aliphatic rings. The summed E-state index contributed by atoms with van der Waals surface area (Å²) in [5.74, 6) is 0.754. The molecule has 1 aromatic heterocycles. The molecule has 6 heteroatoms. The van der Waals surface area contributed by atoms with Crippen LogP contribution < -0.4 is 10.6 Å². The molecule has 1 saturated heterocycles. The predicted octanol–water partition coefficient (Wildman–Crippen LogP) is 4.60. The lowest BCUT2D eigenvalue weighted by Crippen LogP contribution is -2.39. The van der Waals surface area contributed by atoms with Crippen LogP contribution >= 0.6 is 24.8 Å². The van der Waals surface area contributed by atoms with Crippen LogP contribution in [0, 0.1) is 0 Å². The monoisotopic (exact) mass is 405 g/mol. The van der Waals surface area contributed by atoms with E-state index in [1.165, 1.54) is 5.56 Å². The molecule has 27 heavy (non-hydrogen) atoms. The average molecular weight is 406 g/mol. The Balaban J connectivity index is 0.00000131. The number of nitrogens with zero attached hydrogens (tertiary/aromatic N) is 1. The van der Waals surface area contributed by atoms with Crippen LogP contribution in [-0.2, 0) is 6.42 Å². The number of benzene rings is 2. The SMILES string of the molecule is C(=C(Cc1nc2ccccc2o1)NC1CCNCC1)c1ccccc1.Cl.Cl. The molecule has 0 bridgehead atoms. The summed E-state index contributed by atoms with van der Waals surface area (Å²) in [7, 11) is 0. The highest BCUT2D eigenvalue weighted by molar-refractivity contribution is 5.85. The second-order valence-corrected chi connectivity index (χ2v) is 6.50. The number of para-hydroxylation sites is 2. The van der Waals surface area contributed by atoms with Gasteiger partial charge in [-0.15, -0.1) is 24.8 Å². The molecule has 144 valence electrons. The normalized spacial score (nSPS) is 15.0. The van der Waals surface area contributed by atoms with Crippen molar-refractivity contribution in [3.8, 4) is 0 Å². The molecule has 4 nitrogen and oxygen atoms in total. The van der Waals surface area contributed by atoms with Gasteiger partial charge >= 0.3 is 0 Å². The first-order valence-corrected chi connectivity index (χ1v) is 8.94. The van der Waals surface area contributed by atoms with E-state index in [9.17, 15) is 0 Å². The molecule has 1 aliphatic heterocycles. The summed E-state index contributed by atoms with van der Waals surface area (Å²) in [4.78, 5) is 4.63. The molecule has 0 atom stereocenters. The largest absolute Gasteiger partial charge is 0.440 e. The Labute approximate surface area is 172 Å². The smallest absolute Gasteiger partial charge is 0.201 e. The maximum atomic E-state index is 5.92. The fourth-order valence-corrected chi connectivity index (χ4v) is 3.28. The summed E-state index contributed by atoms with van der Waals surface area (Å²) in [6.45, 7) is 2.14. The lowest BCUT2D eigenvalue weighted by atomic mass is 10.1. The average Bonchev–Trinajstić information content (AvgIpc) is 3.05. The lowest BCUT2D eigenvalue weighted by Gasteiger charge is -2.26. The third-order valence-corrected chi connectivity index (χ3v) is 4.55. The van der Waals surface area contributed by atoms with Crippen LogP contribution in [0.15, 0.2) is 64.7 Å². The summed E-state index contributed by atoms with van der Waals surface area (Å²) in [6, 6.07) is 18.8. The molecule has 1 fully saturated rings. The van der Waals surface area contributed by atoms with E-state index in [2.05, 4.69) is 46.0 Å². The number of halogens is 2. The zero-order valence-corrected chi connectivity index (χ0v) is 16.7. The van der Waals surface area contributed by atoms with Gasteiger partial charge in [-0.25, -0.2) is 4.98 Å². The minimum Gasteiger partial charge on any atom is -0.440 e. The van der Waals surface area contributed by atoms with Gasteiger partial charge in [-0.1, -0.05) is 42.5 Å². The third kappa shape index (κ3) is 5.73. The van der Waals surface area contributed by atoms with E-state index in [1.54, 1.807) is 0 Å². The standard InChI is InChI=1S/C21H23N3O.2ClH/c1-2-6-16(7-3-1)14-18(23-17-10-12-22-13-11-17)15-21-24-19-8-4-5-9-20(19)25-21;;/h1-9,14,17,22-23H,10-13,15H2;2*1H. The van der Waals surface area contributed by atoms with Gasteiger partial charge in [0, 0.05) is 11.7 Å². The van der Waals surface area contributed by atoms with Gasteiger partial charge in [0.15, 0.2) is 5.58 Å². The van der Waals surface area contributed by atoms with Crippen molar-refractivity contribution in [1.82, 2.24) is 15.6 Å². The third-order valence-electron chi connectivity index (χ3n) is 4.55. The highest BCUT2D eigenvalue weighted by Gasteiger charge is 2.15. The first kappa shape index (κ1) is 21.3. The van der Waals surface area contributed by atoms with E-state index in [0.717, 1.165) is 48.6 Å². The molecule has 0 radical (unpaired) electrons. The second kappa shape index (κ2) is 10.4. The van der Waals surface area contributed by atoms with Crippen LogP contribution in [0.1, 0.15) is 24.3 Å². The topological polar surface area (TPSA) is 50.1 Å². The molecule has 0 saturated carbocycles. The van der Waals surface area contributed by atoms with E-state index < -0.39 is 0 Å². The van der Waals surface area contributed by atoms with E-state index >= 15 is 0 Å². The Bertz CT molecular complexity index is 825. The van der Waals surface area contributed by atoms with Crippen LogP contribution in [-0.4, -0.2) is 24.1 Å². The summed E-state index contributed by atoms with van der Waals surface area (Å²) >= 11 is 0. The van der Waals surface area contributed by atoms with Crippen molar-refractivity contribution in [2.24, 2.45) is 0 Å². The van der Waals surface area contributed by atoms with Crippen molar-refractivity contribution in [2.45, 2.75) is 25.3 Å². The van der Waals surface area contributed by atoms with Crippen molar-refractivity contribution in [3.63, 3.8) is 0 Å². The highest BCUT2D eigenvalue weighted by atomic mass is 35.5. The van der Waals surface area contributed by atoms with E-state index in [4.69, 9.17) is 4.42 Å². The zero-order chi connectivity index (χ0) is 16.9. The molecule has 0 aliphatic carbocycles. The second-order valence-electron chi connectivity index (χ2n) is 6.50. The molecule has 2 aromatic carbocycles. The summed E-state index contributed by atoms with van der Waals surface area (Å²) in [6.07, 6.45) is 5.16. The summed E-state index contributed by atoms with van der Waals surface area (Å²) in [5.41, 5.74) is 4.11. The number of hydrogen-bond acceptors (Lipinski definition) is 4. The molecule has 2 N–H and O–H groups in total. The van der Waals surface area contributed by atoms with Crippen molar-refractivity contribution >= 4 is 42.0 Å². The lowest BCUT2D eigenvalue weighted by molar-refractivity contribution is 0.407. The first-order valence-electron chi connectivity index (χ1n) is 8.94. The van der Waals surface area contributed by atoms with Crippen LogP contribution in [0.3, 0.4) is 0 Å². The Hall–Kier alpha value is -2.01. The van der Waals surface area contributed by atoms with Gasteiger partial charge in [-0.05, 0) is 49.7 Å². The van der Waals surface area contributed by atoms with Crippen molar-refractivity contribution < 1.29 is 4.42 Å². The van der Waals surface area contributed by atoms with Crippen molar-refractivity contribution in [1.29, 1.82) is 0 Å². The number of fused-ring (bicyclic) bond motifs is 1. The van der Waals surface area contributed by atoms with Crippen molar-refractivity contribution in [3.05, 3.63) is 71.7 Å². The van der Waals surface area contributed by atoms with Crippen LogP contribution in [0.4, 0.5) is 0 Å². The Morgan fingerprint density at radius 2 is 1.74 bits per heavy atom. The molecule has 2 heterocycles. The fourth-order valence-electron chi connectivity index (χ4n) is 3.28. The van der Waals surface area contributed by atoms with Gasteiger partial charge in [0.2, 0.25) is 5.89 Å². The van der Waals surface area contributed by atoms with Crippen LogP contribution in [0.2, 0.25) is 0 Å². The van der Waals surface area contributed by atoms with Gasteiger partial charge in [-0.2, -0.15) is 0 Å². The van der Waals surface area contributed by atoms with Gasteiger partial charge in [0.25, 0.3) is 0 Å². The highest BCUT2D eigenvalue weighted by Crippen LogP contribution is 2.18. The number of aromatic nitrogens is 1. The maximum absolute atomic E-state index is 5.92. The molecular formula is C21H25Cl2N3O. The molecule has 0 amide bonds. The molecular weight excluding hydrogens is 381 g/mol. The van der Waals surface area contributed by atoms with Gasteiger partial charge < -0.3 is 15.1 Å². The Morgan fingerprint density at radius 3 is 2.48 bits per heavy atom. The van der Waals surface area contributed by atoms with Crippen molar-refractivity contribution in [2.75, 3.05) is 13.1 Å². The minimum absolute atomic E-state index is 0. The zero-order valence-electron chi connectivity index (χ0n) is 15.1. The summed E-state index contributed by atoms with van der Waals surface area (Å²) < 4.78 is 5.92. The van der Waals surface area contributed by atoms with Gasteiger partial charge in [-0.3, -0.25) is 0 Å². The van der Waals surface area contributed by atoms with Gasteiger partial charge in [0.05, 0.1) is 6.42 Å². The summed E-state index contributed by atoms with van der Waals surface area (Å²) in [5, 5.41) is 7.13. The maximum Gasteiger partial charge on any atom is 0.201 e. The Kier molecular flexibility index (Phi) is 8.17. The Morgan fingerprint density at radius 1 is 1.04 bits per heavy atom. The molecule has 0 spiro atoms. The first-order chi connectivity index (χ1) is 12.4. The number of allylic oxidation sites excluding steroid dienone is 1. The van der Waals surface area contributed by atoms with Crippen LogP contribution in [0.5, 0.6) is 0 Å². The predicted molar refractivity (Wildman–Crippen MR) is 116 cm³/mol. The number of hydrogen-bond donors (Lipinski definition) is 2.